The van der Waals surface area contributed by atoms with Crippen LogP contribution in [0.3, 0.4) is 0 Å². The SMILES string of the molecule is C1CO[C@H]([C@H]2CO2)C1. The van der Waals surface area contributed by atoms with Gasteiger partial charge < -0.3 is 9.47 Å². The van der Waals surface area contributed by atoms with E-state index in [-0.39, 0.29) is 0 Å². The molecule has 2 nitrogen and oxygen atoms in total. The number of hydrogen-bond acceptors (Lipinski definition) is 2. The molecule has 2 heteroatoms. The summed E-state index contributed by atoms with van der Waals surface area (Å²) in [7, 11) is 0. The number of hydrogen-bond donors (Lipinski definition) is 0. The molecule has 46 valence electrons. The van der Waals surface area contributed by atoms with Gasteiger partial charge >= 0.3 is 0 Å². The molecule has 2 heterocycles. The normalized spacial score (nSPS) is 45.0. The van der Waals surface area contributed by atoms with Gasteiger partial charge in [0.25, 0.3) is 0 Å². The molecule has 0 bridgehead atoms. The van der Waals surface area contributed by atoms with Gasteiger partial charge in [0.1, 0.15) is 6.10 Å². The summed E-state index contributed by atoms with van der Waals surface area (Å²) >= 11 is 0. The average molecular weight is 114 g/mol. The minimum atomic E-state index is 0.454. The Morgan fingerprint density at radius 1 is 1.12 bits per heavy atom. The van der Waals surface area contributed by atoms with Crippen molar-refractivity contribution in [2.24, 2.45) is 0 Å². The van der Waals surface area contributed by atoms with Gasteiger partial charge in [-0.15, -0.1) is 0 Å². The molecule has 0 aliphatic carbocycles. The van der Waals surface area contributed by atoms with Gasteiger partial charge in [-0.25, -0.2) is 0 Å². The van der Waals surface area contributed by atoms with Crippen LogP contribution in [0.25, 0.3) is 0 Å². The fourth-order valence-corrected chi connectivity index (χ4v) is 1.17. The highest BCUT2D eigenvalue weighted by Crippen LogP contribution is 2.24. The molecule has 8 heavy (non-hydrogen) atoms. The Morgan fingerprint density at radius 2 is 2.00 bits per heavy atom. The van der Waals surface area contributed by atoms with E-state index in [0.717, 1.165) is 13.2 Å². The van der Waals surface area contributed by atoms with Crippen LogP contribution in [-0.4, -0.2) is 25.4 Å². The van der Waals surface area contributed by atoms with Crippen molar-refractivity contribution in [3.8, 4) is 0 Å². The predicted molar refractivity (Wildman–Crippen MR) is 28.7 cm³/mol. The van der Waals surface area contributed by atoms with E-state index in [1.165, 1.54) is 12.8 Å². The fourth-order valence-electron chi connectivity index (χ4n) is 1.17. The van der Waals surface area contributed by atoms with Gasteiger partial charge in [0.15, 0.2) is 0 Å². The van der Waals surface area contributed by atoms with Gasteiger partial charge in [-0.3, -0.25) is 0 Å². The molecule has 0 spiro atoms. The number of rotatable bonds is 1. The summed E-state index contributed by atoms with van der Waals surface area (Å²) in [6.07, 6.45) is 3.36. The standard InChI is InChI=1S/C6H10O2/c1-2-5(7-3-1)6-4-8-6/h5-6H,1-4H2/t5-,6+/m0/s1. The van der Waals surface area contributed by atoms with E-state index in [0.29, 0.717) is 12.2 Å². The molecule has 0 aromatic heterocycles. The number of epoxide rings is 1. The Morgan fingerprint density at radius 3 is 2.50 bits per heavy atom. The quantitative estimate of drug-likeness (QED) is 0.465. The maximum absolute atomic E-state index is 5.35. The van der Waals surface area contributed by atoms with Gasteiger partial charge in [0.2, 0.25) is 0 Å². The Bertz CT molecular complexity index is 82.5. The molecule has 0 N–H and O–H groups in total. The van der Waals surface area contributed by atoms with Crippen molar-refractivity contribution >= 4 is 0 Å². The van der Waals surface area contributed by atoms with Crippen LogP contribution in [0.2, 0.25) is 0 Å². The second kappa shape index (κ2) is 1.71. The van der Waals surface area contributed by atoms with E-state index in [1.54, 1.807) is 0 Å². The predicted octanol–water partition coefficient (Wildman–Crippen LogP) is 0.564. The van der Waals surface area contributed by atoms with E-state index in [4.69, 9.17) is 9.47 Å². The molecule has 0 amide bonds. The summed E-state index contributed by atoms with van der Waals surface area (Å²) in [6.45, 7) is 1.88. The zero-order valence-corrected chi connectivity index (χ0v) is 4.80. The fraction of sp³-hybridized carbons (Fsp3) is 1.00. The van der Waals surface area contributed by atoms with Crippen LogP contribution in [0.5, 0.6) is 0 Å². The molecule has 2 rings (SSSR count). The van der Waals surface area contributed by atoms with Crippen molar-refractivity contribution in [1.29, 1.82) is 0 Å². The monoisotopic (exact) mass is 114 g/mol. The summed E-state index contributed by atoms with van der Waals surface area (Å²) < 4.78 is 10.4. The van der Waals surface area contributed by atoms with Crippen LogP contribution < -0.4 is 0 Å². The third kappa shape index (κ3) is 0.740. The molecule has 2 aliphatic rings. The first kappa shape index (κ1) is 4.77. The smallest absolute Gasteiger partial charge is 0.107 e. The second-order valence-corrected chi connectivity index (χ2v) is 2.42. The van der Waals surface area contributed by atoms with E-state index >= 15 is 0 Å². The van der Waals surface area contributed by atoms with Crippen molar-refractivity contribution in [1.82, 2.24) is 0 Å². The Labute approximate surface area is 48.8 Å². The summed E-state index contributed by atoms with van der Waals surface area (Å²) in [5, 5.41) is 0. The van der Waals surface area contributed by atoms with Gasteiger partial charge in [-0.1, -0.05) is 0 Å². The minimum Gasteiger partial charge on any atom is -0.375 e. The largest absolute Gasteiger partial charge is 0.375 e. The maximum Gasteiger partial charge on any atom is 0.107 e. The van der Waals surface area contributed by atoms with Crippen molar-refractivity contribution in [2.75, 3.05) is 13.2 Å². The molecule has 0 aromatic rings. The molecule has 2 atom stereocenters. The van der Waals surface area contributed by atoms with Gasteiger partial charge in [-0.2, -0.15) is 0 Å². The van der Waals surface area contributed by atoms with Crippen LogP contribution in [0.15, 0.2) is 0 Å². The lowest BCUT2D eigenvalue weighted by molar-refractivity contribution is 0.0858. The second-order valence-electron chi connectivity index (χ2n) is 2.42. The highest BCUT2D eigenvalue weighted by atomic mass is 16.6. The van der Waals surface area contributed by atoms with Crippen molar-refractivity contribution in [3.05, 3.63) is 0 Å². The van der Waals surface area contributed by atoms with Gasteiger partial charge in [-0.05, 0) is 12.8 Å². The third-order valence-corrected chi connectivity index (χ3v) is 1.74. The molecule has 2 aliphatic heterocycles. The van der Waals surface area contributed by atoms with Crippen LogP contribution in [0.1, 0.15) is 12.8 Å². The minimum absolute atomic E-state index is 0.454. The lowest BCUT2D eigenvalue weighted by Gasteiger charge is -2.01. The zero-order valence-electron chi connectivity index (χ0n) is 4.80. The lowest BCUT2D eigenvalue weighted by atomic mass is 10.2. The van der Waals surface area contributed by atoms with Crippen LogP contribution >= 0.6 is 0 Å². The molecule has 0 unspecified atom stereocenters. The molecule has 0 aromatic carbocycles. The zero-order chi connectivity index (χ0) is 5.40. The molecule has 0 radical (unpaired) electrons. The lowest BCUT2D eigenvalue weighted by Crippen LogP contribution is -2.12. The highest BCUT2D eigenvalue weighted by molar-refractivity contribution is 4.82. The van der Waals surface area contributed by atoms with Crippen LogP contribution in [-0.2, 0) is 9.47 Å². The van der Waals surface area contributed by atoms with Crippen molar-refractivity contribution in [3.63, 3.8) is 0 Å². The summed E-state index contributed by atoms with van der Waals surface area (Å²) in [5.74, 6) is 0. The first-order valence-corrected chi connectivity index (χ1v) is 3.20. The average Bonchev–Trinajstić information content (AvgIpc) is 2.49. The first-order chi connectivity index (χ1) is 3.97. The Kier molecular flexibility index (Phi) is 1.02. The molecular formula is C6H10O2. The van der Waals surface area contributed by atoms with E-state index < -0.39 is 0 Å². The van der Waals surface area contributed by atoms with Gasteiger partial charge in [0, 0.05) is 6.61 Å². The Hall–Kier alpha value is -0.0800. The topological polar surface area (TPSA) is 21.8 Å². The van der Waals surface area contributed by atoms with Crippen LogP contribution in [0.4, 0.5) is 0 Å². The van der Waals surface area contributed by atoms with Crippen molar-refractivity contribution in [2.45, 2.75) is 25.0 Å². The molecule has 2 saturated heterocycles. The highest BCUT2D eigenvalue weighted by Gasteiger charge is 2.35. The summed E-state index contributed by atoms with van der Waals surface area (Å²) in [6, 6.07) is 0. The maximum atomic E-state index is 5.35. The molecular weight excluding hydrogens is 104 g/mol. The Balaban J connectivity index is 1.86. The van der Waals surface area contributed by atoms with E-state index in [2.05, 4.69) is 0 Å². The number of ether oxygens (including phenoxy) is 2. The summed E-state index contributed by atoms with van der Waals surface area (Å²) in [4.78, 5) is 0. The molecule has 0 saturated carbocycles. The van der Waals surface area contributed by atoms with Crippen molar-refractivity contribution < 1.29 is 9.47 Å². The third-order valence-electron chi connectivity index (χ3n) is 1.74. The summed E-state index contributed by atoms with van der Waals surface area (Å²) in [5.41, 5.74) is 0. The van der Waals surface area contributed by atoms with E-state index in [9.17, 15) is 0 Å². The van der Waals surface area contributed by atoms with Crippen LogP contribution in [0, 0.1) is 0 Å². The van der Waals surface area contributed by atoms with Gasteiger partial charge in [0.05, 0.1) is 12.7 Å². The molecule has 2 fully saturated rings. The van der Waals surface area contributed by atoms with E-state index in [1.807, 2.05) is 0 Å². The first-order valence-electron chi connectivity index (χ1n) is 3.20.